The molecule has 0 bridgehead atoms. The average Bonchev–Trinajstić information content (AvgIpc) is 2.91. The molecule has 0 amide bonds. The Morgan fingerprint density at radius 3 is 2.82 bits per heavy atom. The van der Waals surface area contributed by atoms with Crippen LogP contribution in [0.15, 0.2) is 35.5 Å². The molecule has 5 heteroatoms. The van der Waals surface area contributed by atoms with Crippen molar-refractivity contribution < 1.29 is 4.79 Å². The smallest absolute Gasteiger partial charge is 0.259 e. The van der Waals surface area contributed by atoms with Crippen molar-refractivity contribution in [2.24, 2.45) is 0 Å². The van der Waals surface area contributed by atoms with Gasteiger partial charge in [-0.15, -0.1) is 5.10 Å². The molecule has 0 unspecified atom stereocenters. The quantitative estimate of drug-likeness (QED) is 0.827. The van der Waals surface area contributed by atoms with Crippen molar-refractivity contribution in [3.63, 3.8) is 0 Å². The standard InChI is InChI=1S/C12H11N3OS/c16-11-8-17-12-13-10(14-15(11)12)7-6-9-4-2-1-3-5-9/h1-5H,6-8H2. The van der Waals surface area contributed by atoms with Crippen molar-refractivity contribution in [3.8, 4) is 0 Å². The van der Waals surface area contributed by atoms with Crippen LogP contribution in [-0.2, 0) is 12.8 Å². The normalized spacial score (nSPS) is 14.0. The minimum absolute atomic E-state index is 0.0310. The van der Waals surface area contributed by atoms with Gasteiger partial charge in [0.05, 0.1) is 5.75 Å². The van der Waals surface area contributed by atoms with Gasteiger partial charge in [0, 0.05) is 6.42 Å². The van der Waals surface area contributed by atoms with Crippen LogP contribution in [0, 0.1) is 0 Å². The van der Waals surface area contributed by atoms with Crippen LogP contribution in [0.1, 0.15) is 16.2 Å². The summed E-state index contributed by atoms with van der Waals surface area (Å²) >= 11 is 1.46. The molecule has 1 aliphatic heterocycles. The third kappa shape index (κ3) is 2.10. The predicted octanol–water partition coefficient (Wildman–Crippen LogP) is 1.81. The van der Waals surface area contributed by atoms with E-state index in [1.165, 1.54) is 22.0 Å². The lowest BCUT2D eigenvalue weighted by atomic mass is 10.1. The van der Waals surface area contributed by atoms with E-state index in [1.54, 1.807) is 0 Å². The lowest BCUT2D eigenvalue weighted by molar-refractivity contribution is 0.0923. The minimum atomic E-state index is 0.0310. The van der Waals surface area contributed by atoms with E-state index in [0.717, 1.165) is 23.8 Å². The highest BCUT2D eigenvalue weighted by molar-refractivity contribution is 8.00. The highest BCUT2D eigenvalue weighted by Crippen LogP contribution is 2.22. The zero-order valence-electron chi connectivity index (χ0n) is 9.17. The van der Waals surface area contributed by atoms with Crippen LogP contribution >= 0.6 is 11.8 Å². The number of carbonyl (C=O) groups excluding carboxylic acids is 1. The summed E-state index contributed by atoms with van der Waals surface area (Å²) in [6.07, 6.45) is 1.68. The van der Waals surface area contributed by atoms with Gasteiger partial charge in [-0.3, -0.25) is 4.79 Å². The monoisotopic (exact) mass is 245 g/mol. The average molecular weight is 245 g/mol. The summed E-state index contributed by atoms with van der Waals surface area (Å²) in [4.78, 5) is 15.7. The van der Waals surface area contributed by atoms with E-state index in [0.29, 0.717) is 5.75 Å². The number of fused-ring (bicyclic) bond motifs is 1. The summed E-state index contributed by atoms with van der Waals surface area (Å²) in [5.41, 5.74) is 1.27. The first-order valence-electron chi connectivity index (χ1n) is 5.49. The van der Waals surface area contributed by atoms with Gasteiger partial charge in [0.2, 0.25) is 0 Å². The van der Waals surface area contributed by atoms with Gasteiger partial charge < -0.3 is 0 Å². The van der Waals surface area contributed by atoms with E-state index in [-0.39, 0.29) is 5.91 Å². The number of aromatic nitrogens is 3. The van der Waals surface area contributed by atoms with E-state index >= 15 is 0 Å². The van der Waals surface area contributed by atoms with Gasteiger partial charge in [-0.1, -0.05) is 42.1 Å². The van der Waals surface area contributed by atoms with Gasteiger partial charge >= 0.3 is 0 Å². The number of carbonyl (C=O) groups is 1. The highest BCUT2D eigenvalue weighted by atomic mass is 32.2. The Morgan fingerprint density at radius 1 is 1.24 bits per heavy atom. The van der Waals surface area contributed by atoms with E-state index in [1.807, 2.05) is 18.2 Å². The lowest BCUT2D eigenvalue weighted by Crippen LogP contribution is -2.09. The molecule has 3 rings (SSSR count). The first kappa shape index (κ1) is 10.5. The zero-order valence-corrected chi connectivity index (χ0v) is 9.98. The first-order valence-corrected chi connectivity index (χ1v) is 6.47. The van der Waals surface area contributed by atoms with Crippen molar-refractivity contribution in [1.29, 1.82) is 0 Å². The molecule has 0 fully saturated rings. The topological polar surface area (TPSA) is 47.8 Å². The summed E-state index contributed by atoms with van der Waals surface area (Å²) in [7, 11) is 0. The molecule has 0 N–H and O–H groups in total. The number of nitrogens with zero attached hydrogens (tertiary/aromatic N) is 3. The number of hydrogen-bond acceptors (Lipinski definition) is 4. The van der Waals surface area contributed by atoms with E-state index in [2.05, 4.69) is 22.2 Å². The third-order valence-electron chi connectivity index (χ3n) is 2.66. The fourth-order valence-corrected chi connectivity index (χ4v) is 2.60. The molecule has 0 saturated heterocycles. The van der Waals surface area contributed by atoms with Gasteiger partial charge in [-0.25, -0.2) is 4.98 Å². The molecule has 86 valence electrons. The number of thioether (sulfide) groups is 1. The summed E-state index contributed by atoms with van der Waals surface area (Å²) in [5.74, 6) is 1.25. The fourth-order valence-electron chi connectivity index (χ4n) is 1.79. The Bertz CT molecular complexity index is 550. The van der Waals surface area contributed by atoms with Crippen LogP contribution in [-0.4, -0.2) is 26.4 Å². The molecule has 17 heavy (non-hydrogen) atoms. The highest BCUT2D eigenvalue weighted by Gasteiger charge is 2.23. The second-order valence-corrected chi connectivity index (χ2v) is 4.83. The number of aryl methyl sites for hydroxylation is 2. The second-order valence-electron chi connectivity index (χ2n) is 3.89. The summed E-state index contributed by atoms with van der Waals surface area (Å²) in [5, 5.41) is 4.96. The molecule has 0 aliphatic carbocycles. The van der Waals surface area contributed by atoms with Crippen molar-refractivity contribution in [3.05, 3.63) is 41.7 Å². The molecular formula is C12H11N3OS. The Morgan fingerprint density at radius 2 is 2.06 bits per heavy atom. The molecule has 0 radical (unpaired) electrons. The second kappa shape index (κ2) is 4.33. The summed E-state index contributed by atoms with van der Waals surface area (Å²) in [6, 6.07) is 10.2. The first-order chi connectivity index (χ1) is 8.33. The maximum atomic E-state index is 11.4. The minimum Gasteiger partial charge on any atom is -0.271 e. The summed E-state index contributed by atoms with van der Waals surface area (Å²) < 4.78 is 1.42. The van der Waals surface area contributed by atoms with Crippen LogP contribution < -0.4 is 0 Å². The largest absolute Gasteiger partial charge is 0.271 e. The van der Waals surface area contributed by atoms with E-state index in [4.69, 9.17) is 0 Å². The maximum Gasteiger partial charge on any atom is 0.259 e. The molecule has 0 spiro atoms. The molecule has 2 aromatic rings. The predicted molar refractivity (Wildman–Crippen MR) is 65.2 cm³/mol. The van der Waals surface area contributed by atoms with Crippen LogP contribution in [0.4, 0.5) is 0 Å². The summed E-state index contributed by atoms with van der Waals surface area (Å²) in [6.45, 7) is 0. The zero-order chi connectivity index (χ0) is 11.7. The number of hydrogen-bond donors (Lipinski definition) is 0. The fraction of sp³-hybridized carbons (Fsp3) is 0.250. The van der Waals surface area contributed by atoms with Crippen molar-refractivity contribution >= 4 is 17.7 Å². The SMILES string of the molecule is O=C1CSc2nc(CCc3ccccc3)nn21. The van der Waals surface area contributed by atoms with Crippen LogP contribution in [0.3, 0.4) is 0 Å². The molecular weight excluding hydrogens is 234 g/mol. The van der Waals surface area contributed by atoms with Gasteiger partial charge in [0.15, 0.2) is 11.0 Å². The van der Waals surface area contributed by atoms with Crippen LogP contribution in [0.2, 0.25) is 0 Å². The number of benzene rings is 1. The van der Waals surface area contributed by atoms with Crippen LogP contribution in [0.5, 0.6) is 0 Å². The van der Waals surface area contributed by atoms with E-state index in [9.17, 15) is 4.79 Å². The third-order valence-corrected chi connectivity index (χ3v) is 3.58. The lowest BCUT2D eigenvalue weighted by Gasteiger charge is -1.97. The van der Waals surface area contributed by atoms with Gasteiger partial charge in [-0.2, -0.15) is 4.68 Å². The Hall–Kier alpha value is -1.62. The Kier molecular flexibility index (Phi) is 2.68. The van der Waals surface area contributed by atoms with Gasteiger partial charge in [0.1, 0.15) is 0 Å². The molecule has 2 heterocycles. The number of rotatable bonds is 3. The van der Waals surface area contributed by atoms with Crippen molar-refractivity contribution in [2.45, 2.75) is 18.0 Å². The van der Waals surface area contributed by atoms with Crippen molar-refractivity contribution in [2.75, 3.05) is 5.75 Å². The Balaban J connectivity index is 1.71. The molecule has 1 aromatic carbocycles. The molecule has 1 aliphatic rings. The van der Waals surface area contributed by atoms with Gasteiger partial charge in [-0.05, 0) is 12.0 Å². The molecule has 1 aromatic heterocycles. The van der Waals surface area contributed by atoms with E-state index < -0.39 is 0 Å². The van der Waals surface area contributed by atoms with Gasteiger partial charge in [0.25, 0.3) is 5.91 Å². The van der Waals surface area contributed by atoms with Crippen LogP contribution in [0.25, 0.3) is 0 Å². The molecule has 0 atom stereocenters. The Labute approximate surface area is 103 Å². The van der Waals surface area contributed by atoms with Crippen molar-refractivity contribution in [1.82, 2.24) is 14.8 Å². The molecule has 4 nitrogen and oxygen atoms in total. The molecule has 0 saturated carbocycles. The maximum absolute atomic E-state index is 11.4.